The molecule has 1 aliphatic heterocycles. The van der Waals surface area contributed by atoms with Crippen molar-refractivity contribution in [3.05, 3.63) is 34.9 Å². The van der Waals surface area contributed by atoms with Gasteiger partial charge >= 0.3 is 5.97 Å². The van der Waals surface area contributed by atoms with Crippen LogP contribution in [0.1, 0.15) is 62.3 Å². The molecule has 1 aliphatic carbocycles. The van der Waals surface area contributed by atoms with E-state index >= 15 is 0 Å². The molecule has 0 fully saturated rings. The summed E-state index contributed by atoms with van der Waals surface area (Å²) in [5, 5.41) is 0. The fraction of sp³-hybridized carbons (Fsp3) is 0.571. The van der Waals surface area contributed by atoms with Crippen LogP contribution in [-0.2, 0) is 23.1 Å². The molecule has 1 atom stereocenters. The van der Waals surface area contributed by atoms with Crippen molar-refractivity contribution in [2.45, 2.75) is 65.2 Å². The van der Waals surface area contributed by atoms with Gasteiger partial charge < -0.3 is 9.47 Å². The van der Waals surface area contributed by atoms with E-state index < -0.39 is 0 Å². The van der Waals surface area contributed by atoms with Gasteiger partial charge in [0.2, 0.25) is 0 Å². The zero-order valence-corrected chi connectivity index (χ0v) is 16.4. The average molecular weight is 363 g/mol. The van der Waals surface area contributed by atoms with Crippen LogP contribution in [0.15, 0.2) is 12.7 Å². The topological polar surface area (TPSA) is 35.5 Å². The van der Waals surface area contributed by atoms with E-state index in [0.29, 0.717) is 17.9 Å². The second-order valence-electron chi connectivity index (χ2n) is 8.29. The number of fused-ring (bicyclic) bond motifs is 2. The number of allylic oxidation sites excluding steroid dienone is 1. The van der Waals surface area contributed by atoms with Crippen LogP contribution >= 0.6 is 11.6 Å². The first-order valence-corrected chi connectivity index (χ1v) is 9.48. The van der Waals surface area contributed by atoms with Crippen LogP contribution in [0.25, 0.3) is 0 Å². The molecule has 0 saturated heterocycles. The van der Waals surface area contributed by atoms with Crippen molar-refractivity contribution in [2.75, 3.05) is 6.07 Å². The lowest BCUT2D eigenvalue weighted by Crippen LogP contribution is -2.27. The number of halogens is 1. The molecule has 2 aliphatic rings. The molecule has 4 heteroatoms. The van der Waals surface area contributed by atoms with E-state index in [-0.39, 0.29) is 22.9 Å². The third-order valence-electron chi connectivity index (χ3n) is 5.86. The summed E-state index contributed by atoms with van der Waals surface area (Å²) in [6.07, 6.45) is 6.16. The number of hydrogen-bond donors (Lipinski definition) is 0. The van der Waals surface area contributed by atoms with Gasteiger partial charge in [0, 0.05) is 11.1 Å². The van der Waals surface area contributed by atoms with Gasteiger partial charge in [-0.15, -0.1) is 6.58 Å². The molecule has 25 heavy (non-hydrogen) atoms. The molecule has 0 spiro atoms. The van der Waals surface area contributed by atoms with Crippen molar-refractivity contribution in [1.29, 1.82) is 0 Å². The van der Waals surface area contributed by atoms with Gasteiger partial charge in [-0.25, -0.2) is 0 Å². The Labute approximate surface area is 155 Å². The van der Waals surface area contributed by atoms with Crippen LogP contribution in [0.2, 0.25) is 0 Å². The Kier molecular flexibility index (Phi) is 4.65. The highest BCUT2D eigenvalue weighted by atomic mass is 35.5. The number of benzene rings is 1. The molecule has 1 heterocycles. The lowest BCUT2D eigenvalue weighted by molar-refractivity contribution is -0.135. The van der Waals surface area contributed by atoms with Gasteiger partial charge in [0.05, 0.1) is 6.42 Å². The van der Waals surface area contributed by atoms with Crippen molar-refractivity contribution >= 4 is 17.6 Å². The van der Waals surface area contributed by atoms with Crippen LogP contribution in [0.4, 0.5) is 0 Å². The smallest absolute Gasteiger partial charge is 0.312 e. The summed E-state index contributed by atoms with van der Waals surface area (Å²) >= 11 is 5.94. The molecule has 0 N–H and O–H groups in total. The highest BCUT2D eigenvalue weighted by Crippen LogP contribution is 2.52. The van der Waals surface area contributed by atoms with E-state index in [1.54, 1.807) is 0 Å². The Morgan fingerprint density at radius 3 is 2.64 bits per heavy atom. The fourth-order valence-corrected chi connectivity index (χ4v) is 4.50. The van der Waals surface area contributed by atoms with Crippen LogP contribution in [0, 0.1) is 12.3 Å². The van der Waals surface area contributed by atoms with Crippen molar-refractivity contribution in [3.8, 4) is 11.5 Å². The second-order valence-corrected chi connectivity index (χ2v) is 8.51. The van der Waals surface area contributed by atoms with E-state index in [9.17, 15) is 4.79 Å². The van der Waals surface area contributed by atoms with Crippen LogP contribution in [-0.4, -0.2) is 12.0 Å². The Balaban J connectivity index is 2.33. The Morgan fingerprint density at radius 1 is 1.28 bits per heavy atom. The zero-order valence-electron chi connectivity index (χ0n) is 15.6. The molecule has 0 radical (unpaired) electrons. The highest BCUT2D eigenvalue weighted by molar-refractivity contribution is 6.17. The predicted octanol–water partition coefficient (Wildman–Crippen LogP) is 5.23. The molecule has 3 rings (SSSR count). The minimum atomic E-state index is -0.316. The van der Waals surface area contributed by atoms with E-state index in [1.807, 2.05) is 6.08 Å². The van der Waals surface area contributed by atoms with Crippen LogP contribution in [0.5, 0.6) is 11.5 Å². The average Bonchev–Trinajstić information content (AvgIpc) is 2.67. The fourth-order valence-electron chi connectivity index (χ4n) is 4.39. The van der Waals surface area contributed by atoms with Gasteiger partial charge in [0.25, 0.3) is 0 Å². The number of hydrogen-bond acceptors (Lipinski definition) is 3. The third-order valence-corrected chi connectivity index (χ3v) is 5.97. The molecule has 0 saturated carbocycles. The van der Waals surface area contributed by atoms with Gasteiger partial charge in [0.15, 0.2) is 17.6 Å². The van der Waals surface area contributed by atoms with Crippen molar-refractivity contribution in [3.63, 3.8) is 0 Å². The van der Waals surface area contributed by atoms with Gasteiger partial charge in [-0.3, -0.25) is 4.79 Å². The largest absolute Gasteiger partial charge is 0.474 e. The van der Waals surface area contributed by atoms with E-state index in [1.165, 1.54) is 11.1 Å². The molecule has 1 aromatic rings. The van der Waals surface area contributed by atoms with E-state index in [2.05, 4.69) is 34.3 Å². The molecule has 0 aromatic heterocycles. The molecule has 0 bridgehead atoms. The van der Waals surface area contributed by atoms with Crippen molar-refractivity contribution < 1.29 is 14.3 Å². The quantitative estimate of drug-likeness (QED) is 0.320. The summed E-state index contributed by atoms with van der Waals surface area (Å²) in [6, 6.07) is 0.0360. The molecular formula is C21H27ClO3. The molecule has 3 nitrogen and oxygen atoms in total. The first-order valence-electron chi connectivity index (χ1n) is 8.94. The zero-order chi connectivity index (χ0) is 18.4. The number of rotatable bonds is 3. The molecule has 1 aromatic carbocycles. The summed E-state index contributed by atoms with van der Waals surface area (Å²) in [6.45, 7) is 12.6. The third kappa shape index (κ3) is 3.08. The highest BCUT2D eigenvalue weighted by Gasteiger charge is 2.40. The lowest BCUT2D eigenvalue weighted by Gasteiger charge is -2.37. The molecular weight excluding hydrogens is 336 g/mol. The second kappa shape index (κ2) is 6.35. The monoisotopic (exact) mass is 362 g/mol. The molecule has 1 unspecified atom stereocenters. The van der Waals surface area contributed by atoms with Crippen LogP contribution < -0.4 is 9.47 Å². The summed E-state index contributed by atoms with van der Waals surface area (Å²) in [5.41, 5.74) is 4.43. The Morgan fingerprint density at radius 2 is 2.00 bits per heavy atom. The summed E-state index contributed by atoms with van der Waals surface area (Å²) in [7, 11) is 0. The van der Waals surface area contributed by atoms with Gasteiger partial charge in [-0.05, 0) is 54.6 Å². The minimum Gasteiger partial charge on any atom is -0.474 e. The normalized spacial score (nSPS) is 24.6. The van der Waals surface area contributed by atoms with E-state index in [0.717, 1.165) is 36.8 Å². The maximum Gasteiger partial charge on any atom is 0.312 e. The minimum absolute atomic E-state index is 0.0325. The van der Waals surface area contributed by atoms with Gasteiger partial charge in [-0.1, -0.05) is 38.4 Å². The molecule has 136 valence electrons. The number of esters is 1. The van der Waals surface area contributed by atoms with Crippen molar-refractivity contribution in [1.82, 2.24) is 0 Å². The van der Waals surface area contributed by atoms with E-state index in [4.69, 9.17) is 21.1 Å². The number of carbonyl (C=O) groups is 1. The first kappa shape index (κ1) is 18.3. The lowest BCUT2D eigenvalue weighted by atomic mass is 9.69. The molecule has 0 amide bonds. The number of alkyl halides is 1. The summed E-state index contributed by atoms with van der Waals surface area (Å²) < 4.78 is 11.7. The van der Waals surface area contributed by atoms with Crippen LogP contribution in [0.3, 0.4) is 0 Å². The summed E-state index contributed by atoms with van der Waals surface area (Å²) in [4.78, 5) is 12.5. The first-order chi connectivity index (χ1) is 11.7. The van der Waals surface area contributed by atoms with Crippen molar-refractivity contribution in [2.24, 2.45) is 5.41 Å². The van der Waals surface area contributed by atoms with Gasteiger partial charge in [0.1, 0.15) is 0 Å². The SMILES string of the molecule is C=CC1(C)CC(=O)Oc2c(c(C)c3c(c2OCCl)C(C)(C)CCC3)C1. The number of carbonyl (C=O) groups excluding carboxylic acids is 1. The standard InChI is InChI=1S/C21H27ClO3/c1-6-21(5)10-15-13(2)14-8-7-9-20(3,4)17(14)19(24-12-22)18(15)25-16(23)11-21/h6H,1,7-12H2,2-5H3. The van der Waals surface area contributed by atoms with Gasteiger partial charge in [-0.2, -0.15) is 0 Å². The maximum absolute atomic E-state index is 12.5. The Bertz CT molecular complexity index is 735. The Hall–Kier alpha value is -1.48. The summed E-state index contributed by atoms with van der Waals surface area (Å²) in [5.74, 6) is 0.993. The number of ether oxygens (including phenoxy) is 2. The predicted molar refractivity (Wildman–Crippen MR) is 101 cm³/mol. The maximum atomic E-state index is 12.5.